The van der Waals surface area contributed by atoms with Crippen LogP contribution in [0.1, 0.15) is 61.8 Å². The molecule has 3 aliphatic rings. The molecule has 2 N–H and O–H groups in total. The van der Waals surface area contributed by atoms with Gasteiger partial charge in [-0.05, 0) is 49.7 Å². The van der Waals surface area contributed by atoms with Crippen LogP contribution in [0.5, 0.6) is 0 Å². The molecule has 4 nitrogen and oxygen atoms in total. The first-order chi connectivity index (χ1) is 12.8. The van der Waals surface area contributed by atoms with Crippen LogP contribution in [0, 0.1) is 11.3 Å². The molecule has 2 fully saturated rings. The van der Waals surface area contributed by atoms with Gasteiger partial charge in [0.2, 0.25) is 5.91 Å². The summed E-state index contributed by atoms with van der Waals surface area (Å²) in [6.07, 6.45) is 3.77. The van der Waals surface area contributed by atoms with Gasteiger partial charge in [0.25, 0.3) is 0 Å². The Morgan fingerprint density at radius 1 is 1.26 bits per heavy atom. The number of carbonyl (C=O) groups excluding carboxylic acids is 1. The van der Waals surface area contributed by atoms with E-state index in [0.29, 0.717) is 36.6 Å². The second-order valence-electron chi connectivity index (χ2n) is 8.44. The van der Waals surface area contributed by atoms with E-state index in [-0.39, 0.29) is 18.5 Å². The van der Waals surface area contributed by atoms with Crippen molar-refractivity contribution in [2.24, 2.45) is 17.1 Å². The number of hydrogen-bond donors (Lipinski definition) is 1. The summed E-state index contributed by atoms with van der Waals surface area (Å²) in [5.41, 5.74) is 6.22. The molecule has 0 saturated heterocycles. The van der Waals surface area contributed by atoms with E-state index >= 15 is 0 Å². The standard InChI is InChI=1S/C20H26F3N3O/c21-20(22,23)15-9-13-12-26(8-6-17(13)25-11-15)18(27)19(7-5-16(24)10-19)14-3-1-2-4-14/h9,11,14,16H,1-8,10,12,24H2/t16-,19+/m1/s1. The van der Waals surface area contributed by atoms with Crippen LogP contribution in [-0.2, 0) is 23.9 Å². The van der Waals surface area contributed by atoms with Crippen molar-refractivity contribution in [3.05, 3.63) is 29.1 Å². The second-order valence-corrected chi connectivity index (χ2v) is 8.44. The third kappa shape index (κ3) is 3.35. The van der Waals surface area contributed by atoms with Crippen LogP contribution < -0.4 is 5.73 Å². The summed E-state index contributed by atoms with van der Waals surface area (Å²) < 4.78 is 39.1. The van der Waals surface area contributed by atoms with Crippen molar-refractivity contribution < 1.29 is 18.0 Å². The lowest BCUT2D eigenvalue weighted by Gasteiger charge is -2.40. The molecule has 1 aromatic rings. The third-order valence-electron chi connectivity index (χ3n) is 6.80. The van der Waals surface area contributed by atoms with Gasteiger partial charge in [-0.1, -0.05) is 12.8 Å². The molecule has 27 heavy (non-hydrogen) atoms. The number of nitrogens with two attached hydrogens (primary N) is 1. The van der Waals surface area contributed by atoms with E-state index < -0.39 is 17.2 Å². The van der Waals surface area contributed by atoms with Gasteiger partial charge < -0.3 is 10.6 Å². The zero-order valence-electron chi connectivity index (χ0n) is 15.4. The van der Waals surface area contributed by atoms with Gasteiger partial charge in [0.15, 0.2) is 0 Å². The SMILES string of the molecule is N[C@@H]1CC[C@@](C(=O)N2CCc3ncc(C(F)(F)F)cc3C2)(C2CCCC2)C1. The van der Waals surface area contributed by atoms with Crippen molar-refractivity contribution in [1.82, 2.24) is 9.88 Å². The van der Waals surface area contributed by atoms with E-state index in [1.807, 2.05) is 0 Å². The summed E-state index contributed by atoms with van der Waals surface area (Å²) >= 11 is 0. The maximum Gasteiger partial charge on any atom is 0.417 e. The molecule has 4 rings (SSSR count). The van der Waals surface area contributed by atoms with Crippen LogP contribution in [0.15, 0.2) is 12.3 Å². The van der Waals surface area contributed by atoms with Crippen LogP contribution >= 0.6 is 0 Å². The van der Waals surface area contributed by atoms with Crippen molar-refractivity contribution in [2.75, 3.05) is 6.54 Å². The van der Waals surface area contributed by atoms with Crippen LogP contribution in [0.4, 0.5) is 13.2 Å². The Bertz CT molecular complexity index is 730. The van der Waals surface area contributed by atoms with Crippen LogP contribution in [-0.4, -0.2) is 28.4 Å². The molecule has 1 amide bonds. The molecule has 148 valence electrons. The molecule has 0 unspecified atom stereocenters. The van der Waals surface area contributed by atoms with E-state index in [0.717, 1.165) is 50.8 Å². The Kier molecular flexibility index (Phi) is 4.69. The van der Waals surface area contributed by atoms with Crippen molar-refractivity contribution in [1.29, 1.82) is 0 Å². The fourth-order valence-corrected chi connectivity index (χ4v) is 5.40. The summed E-state index contributed by atoms with van der Waals surface area (Å²) in [6.45, 7) is 0.739. The van der Waals surface area contributed by atoms with Gasteiger partial charge in [0.1, 0.15) is 0 Å². The Balaban J connectivity index is 1.59. The predicted molar refractivity (Wildman–Crippen MR) is 94.6 cm³/mol. The molecule has 0 spiro atoms. The van der Waals surface area contributed by atoms with Gasteiger partial charge in [-0.15, -0.1) is 0 Å². The monoisotopic (exact) mass is 381 g/mol. The summed E-state index contributed by atoms with van der Waals surface area (Å²) in [5, 5.41) is 0. The van der Waals surface area contributed by atoms with Gasteiger partial charge in [-0.2, -0.15) is 13.2 Å². The number of amides is 1. The highest BCUT2D eigenvalue weighted by atomic mass is 19.4. The fraction of sp³-hybridized carbons (Fsp3) is 0.700. The van der Waals surface area contributed by atoms with Crippen molar-refractivity contribution >= 4 is 5.91 Å². The van der Waals surface area contributed by atoms with Gasteiger partial charge in [0.05, 0.1) is 11.0 Å². The molecular weight excluding hydrogens is 355 g/mol. The van der Waals surface area contributed by atoms with E-state index in [2.05, 4.69) is 4.98 Å². The highest BCUT2D eigenvalue weighted by Gasteiger charge is 2.52. The minimum Gasteiger partial charge on any atom is -0.337 e. The highest BCUT2D eigenvalue weighted by molar-refractivity contribution is 5.84. The minimum atomic E-state index is -4.42. The lowest BCUT2D eigenvalue weighted by atomic mass is 9.71. The molecule has 2 heterocycles. The molecule has 0 bridgehead atoms. The number of carbonyl (C=O) groups is 1. The molecule has 0 aromatic carbocycles. The topological polar surface area (TPSA) is 59.2 Å². The molecule has 7 heteroatoms. The predicted octanol–water partition coefficient (Wildman–Crippen LogP) is 3.67. The van der Waals surface area contributed by atoms with E-state index in [9.17, 15) is 18.0 Å². The first-order valence-electron chi connectivity index (χ1n) is 9.89. The zero-order chi connectivity index (χ0) is 19.2. The van der Waals surface area contributed by atoms with Crippen LogP contribution in [0.25, 0.3) is 0 Å². The number of pyridine rings is 1. The number of hydrogen-bond acceptors (Lipinski definition) is 3. The zero-order valence-corrected chi connectivity index (χ0v) is 15.4. The lowest BCUT2D eigenvalue weighted by Crippen LogP contribution is -2.48. The van der Waals surface area contributed by atoms with Crippen molar-refractivity contribution in [3.63, 3.8) is 0 Å². The summed E-state index contributed by atoms with van der Waals surface area (Å²) in [4.78, 5) is 19.3. The summed E-state index contributed by atoms with van der Waals surface area (Å²) in [5.74, 6) is 0.463. The first kappa shape index (κ1) is 18.7. The quantitative estimate of drug-likeness (QED) is 0.850. The first-order valence-corrected chi connectivity index (χ1v) is 9.89. The molecule has 2 aliphatic carbocycles. The Morgan fingerprint density at radius 3 is 2.63 bits per heavy atom. The summed E-state index contributed by atoms with van der Waals surface area (Å²) in [7, 11) is 0. The van der Waals surface area contributed by atoms with Gasteiger partial charge >= 0.3 is 6.18 Å². The fourth-order valence-electron chi connectivity index (χ4n) is 5.40. The van der Waals surface area contributed by atoms with Crippen LogP contribution in [0.2, 0.25) is 0 Å². The number of alkyl halides is 3. The maximum atomic E-state index is 13.6. The lowest BCUT2D eigenvalue weighted by molar-refractivity contribution is -0.146. The van der Waals surface area contributed by atoms with E-state index in [1.54, 1.807) is 4.90 Å². The Hall–Kier alpha value is -1.63. The largest absolute Gasteiger partial charge is 0.417 e. The third-order valence-corrected chi connectivity index (χ3v) is 6.80. The number of halogens is 3. The molecular formula is C20H26F3N3O. The van der Waals surface area contributed by atoms with Crippen LogP contribution in [0.3, 0.4) is 0 Å². The molecule has 2 atom stereocenters. The normalized spacial score (nSPS) is 29.2. The highest BCUT2D eigenvalue weighted by Crippen LogP contribution is 2.51. The Labute approximate surface area is 157 Å². The van der Waals surface area contributed by atoms with Crippen molar-refractivity contribution in [2.45, 2.75) is 70.1 Å². The van der Waals surface area contributed by atoms with E-state index in [1.165, 1.54) is 0 Å². The van der Waals surface area contributed by atoms with E-state index in [4.69, 9.17) is 5.73 Å². The maximum absolute atomic E-state index is 13.6. The number of nitrogens with zero attached hydrogens (tertiary/aromatic N) is 2. The van der Waals surface area contributed by atoms with Gasteiger partial charge in [-0.3, -0.25) is 9.78 Å². The Morgan fingerprint density at radius 2 is 2.00 bits per heavy atom. The number of aromatic nitrogens is 1. The molecule has 1 aliphatic heterocycles. The average molecular weight is 381 g/mol. The smallest absolute Gasteiger partial charge is 0.337 e. The minimum absolute atomic E-state index is 0.0464. The molecule has 1 aromatic heterocycles. The summed E-state index contributed by atoms with van der Waals surface area (Å²) in [6, 6.07) is 1.20. The number of fused-ring (bicyclic) bond motifs is 1. The number of rotatable bonds is 2. The molecule has 0 radical (unpaired) electrons. The van der Waals surface area contributed by atoms with Crippen molar-refractivity contribution in [3.8, 4) is 0 Å². The average Bonchev–Trinajstić information content (AvgIpc) is 3.30. The molecule has 2 saturated carbocycles. The van der Waals surface area contributed by atoms with Gasteiger partial charge in [0, 0.05) is 37.4 Å². The second kappa shape index (κ2) is 6.76. The van der Waals surface area contributed by atoms with Gasteiger partial charge in [-0.25, -0.2) is 0 Å².